The lowest BCUT2D eigenvalue weighted by Crippen LogP contribution is -2.22. The van der Waals surface area contributed by atoms with Crippen LogP contribution in [0.5, 0.6) is 0 Å². The fraction of sp³-hybridized carbons (Fsp3) is 0.273. The molecule has 0 saturated carbocycles. The normalized spacial score (nSPS) is 10.5. The van der Waals surface area contributed by atoms with Crippen LogP contribution in [-0.4, -0.2) is 17.9 Å². The summed E-state index contributed by atoms with van der Waals surface area (Å²) in [6, 6.07) is 4.15. The molecule has 0 atom stereocenters. The fourth-order valence-corrected chi connectivity index (χ4v) is 3.76. The summed E-state index contributed by atoms with van der Waals surface area (Å²) in [5, 5.41) is 4.84. The number of aromatic nitrogens is 1. The number of thiazole rings is 1. The van der Waals surface area contributed by atoms with Crippen LogP contribution in [0.1, 0.15) is 12.6 Å². The molecule has 0 radical (unpaired) electrons. The van der Waals surface area contributed by atoms with Gasteiger partial charge in [0.1, 0.15) is 0 Å². The second kappa shape index (κ2) is 5.66. The first kappa shape index (κ1) is 12.6. The predicted molar refractivity (Wildman–Crippen MR) is 75.1 cm³/mol. The lowest BCUT2D eigenvalue weighted by Gasteiger charge is -2.09. The van der Waals surface area contributed by atoms with E-state index in [2.05, 4.69) is 16.4 Å². The van der Waals surface area contributed by atoms with Gasteiger partial charge in [-0.05, 0) is 11.4 Å². The first-order valence-corrected chi connectivity index (χ1v) is 7.76. The van der Waals surface area contributed by atoms with Crippen molar-refractivity contribution in [1.29, 1.82) is 0 Å². The molecule has 0 unspecified atom stereocenters. The summed E-state index contributed by atoms with van der Waals surface area (Å²) in [6.07, 6.45) is 0. The third-order valence-corrected chi connectivity index (χ3v) is 5.29. The Morgan fingerprint density at radius 2 is 2.35 bits per heavy atom. The lowest BCUT2D eigenvalue weighted by atomic mass is 10.6. The maximum Gasteiger partial charge on any atom is 0.225 e. The zero-order valence-corrected chi connectivity index (χ0v) is 12.0. The van der Waals surface area contributed by atoms with Crippen molar-refractivity contribution in [3.63, 3.8) is 0 Å². The van der Waals surface area contributed by atoms with Crippen molar-refractivity contribution >= 4 is 45.5 Å². The molecule has 0 aliphatic rings. The smallest absolute Gasteiger partial charge is 0.225 e. The van der Waals surface area contributed by atoms with Gasteiger partial charge < -0.3 is 0 Å². The predicted octanol–water partition coefficient (Wildman–Crippen LogP) is 3.48. The van der Waals surface area contributed by atoms with Gasteiger partial charge in [0.05, 0.1) is 9.90 Å². The summed E-state index contributed by atoms with van der Waals surface area (Å²) in [7, 11) is 1.75. The summed E-state index contributed by atoms with van der Waals surface area (Å²) in [5.74, 6) is 0.861. The first-order chi connectivity index (χ1) is 8.16. The topological polar surface area (TPSA) is 33.2 Å². The van der Waals surface area contributed by atoms with E-state index in [9.17, 15) is 4.79 Å². The van der Waals surface area contributed by atoms with E-state index in [1.807, 2.05) is 11.4 Å². The Bertz CT molecular complexity index is 493. The number of rotatable bonds is 4. The van der Waals surface area contributed by atoms with Crippen LogP contribution in [0.25, 0.3) is 0 Å². The number of thioether (sulfide) groups is 1. The van der Waals surface area contributed by atoms with E-state index in [1.54, 1.807) is 42.0 Å². The van der Waals surface area contributed by atoms with Gasteiger partial charge in [-0.25, -0.2) is 4.98 Å². The minimum Gasteiger partial charge on any atom is -0.292 e. The van der Waals surface area contributed by atoms with Crippen LogP contribution in [0.15, 0.2) is 27.1 Å². The standard InChI is InChI=1S/C11H12N2OS3/c1-8(14)13(2)11-12-9(7-17-11)6-16-10-4-3-5-15-10/h3-5,7H,6H2,1-2H3. The van der Waals surface area contributed by atoms with Crippen molar-refractivity contribution in [1.82, 2.24) is 4.98 Å². The lowest BCUT2D eigenvalue weighted by molar-refractivity contribution is -0.116. The molecule has 90 valence electrons. The molecule has 2 aromatic heterocycles. The number of carbonyl (C=O) groups is 1. The molecule has 2 rings (SSSR count). The summed E-state index contributed by atoms with van der Waals surface area (Å²) >= 11 is 5.01. The minimum absolute atomic E-state index is 0.0109. The third-order valence-electron chi connectivity index (χ3n) is 2.16. The molecule has 0 N–H and O–H groups in total. The molecular weight excluding hydrogens is 272 g/mol. The monoisotopic (exact) mass is 284 g/mol. The molecule has 17 heavy (non-hydrogen) atoms. The van der Waals surface area contributed by atoms with E-state index in [0.29, 0.717) is 0 Å². The van der Waals surface area contributed by atoms with Crippen molar-refractivity contribution in [3.8, 4) is 0 Å². The van der Waals surface area contributed by atoms with E-state index in [0.717, 1.165) is 16.6 Å². The zero-order chi connectivity index (χ0) is 12.3. The van der Waals surface area contributed by atoms with E-state index < -0.39 is 0 Å². The maximum absolute atomic E-state index is 11.2. The molecule has 0 fully saturated rings. The van der Waals surface area contributed by atoms with Gasteiger partial charge >= 0.3 is 0 Å². The van der Waals surface area contributed by atoms with Crippen molar-refractivity contribution in [2.24, 2.45) is 0 Å². The highest BCUT2D eigenvalue weighted by Gasteiger charge is 2.10. The highest BCUT2D eigenvalue weighted by Crippen LogP contribution is 2.28. The van der Waals surface area contributed by atoms with Gasteiger partial charge in [0, 0.05) is 25.1 Å². The Hall–Kier alpha value is -0.850. The van der Waals surface area contributed by atoms with Crippen molar-refractivity contribution in [2.45, 2.75) is 16.9 Å². The average molecular weight is 284 g/mol. The molecule has 0 aliphatic heterocycles. The minimum atomic E-state index is 0.0109. The van der Waals surface area contributed by atoms with Gasteiger partial charge in [-0.3, -0.25) is 9.69 Å². The molecule has 3 nitrogen and oxygen atoms in total. The van der Waals surface area contributed by atoms with Crippen LogP contribution < -0.4 is 4.90 Å². The largest absolute Gasteiger partial charge is 0.292 e. The Morgan fingerprint density at radius 1 is 1.53 bits per heavy atom. The Balaban J connectivity index is 1.96. The zero-order valence-electron chi connectivity index (χ0n) is 9.54. The Morgan fingerprint density at radius 3 is 3.00 bits per heavy atom. The molecule has 1 amide bonds. The van der Waals surface area contributed by atoms with Gasteiger partial charge in [-0.1, -0.05) is 6.07 Å². The van der Waals surface area contributed by atoms with Gasteiger partial charge in [-0.2, -0.15) is 0 Å². The molecule has 0 saturated heterocycles. The molecule has 0 spiro atoms. The Labute approximate surface area is 112 Å². The van der Waals surface area contributed by atoms with Crippen LogP contribution in [0.3, 0.4) is 0 Å². The van der Waals surface area contributed by atoms with Crippen LogP contribution >= 0.6 is 34.4 Å². The molecule has 2 aromatic rings. The fourth-order valence-electron chi connectivity index (χ4n) is 1.14. The van der Waals surface area contributed by atoms with E-state index in [-0.39, 0.29) is 5.91 Å². The van der Waals surface area contributed by atoms with Gasteiger partial charge in [-0.15, -0.1) is 34.4 Å². The third kappa shape index (κ3) is 3.31. The summed E-state index contributed by atoms with van der Waals surface area (Å²) in [5.41, 5.74) is 1.02. The van der Waals surface area contributed by atoms with Crippen LogP contribution in [0, 0.1) is 0 Å². The molecule has 0 aliphatic carbocycles. The molecule has 0 aromatic carbocycles. The van der Waals surface area contributed by atoms with Crippen molar-refractivity contribution in [2.75, 3.05) is 11.9 Å². The number of hydrogen-bond acceptors (Lipinski definition) is 5. The van der Waals surface area contributed by atoms with Gasteiger partial charge in [0.15, 0.2) is 5.13 Å². The summed E-state index contributed by atoms with van der Waals surface area (Å²) in [6.45, 7) is 1.54. The molecule has 6 heteroatoms. The number of nitrogens with zero attached hydrogens (tertiary/aromatic N) is 2. The number of amides is 1. The number of anilines is 1. The summed E-state index contributed by atoms with van der Waals surface area (Å²) < 4.78 is 1.29. The quantitative estimate of drug-likeness (QED) is 0.806. The molecule has 2 heterocycles. The number of thiophene rings is 1. The first-order valence-electron chi connectivity index (χ1n) is 5.02. The average Bonchev–Trinajstić information content (AvgIpc) is 2.96. The van der Waals surface area contributed by atoms with E-state index >= 15 is 0 Å². The van der Waals surface area contributed by atoms with E-state index in [1.165, 1.54) is 15.5 Å². The molecular formula is C11H12N2OS3. The number of hydrogen-bond donors (Lipinski definition) is 0. The molecule has 0 bridgehead atoms. The van der Waals surface area contributed by atoms with Crippen molar-refractivity contribution < 1.29 is 4.79 Å². The highest BCUT2D eigenvalue weighted by atomic mass is 32.2. The van der Waals surface area contributed by atoms with Crippen LogP contribution in [0.2, 0.25) is 0 Å². The maximum atomic E-state index is 11.2. The SMILES string of the molecule is CC(=O)N(C)c1nc(CSc2cccs2)cs1. The van der Waals surface area contributed by atoms with Crippen molar-refractivity contribution in [3.05, 3.63) is 28.6 Å². The second-order valence-electron chi connectivity index (χ2n) is 3.42. The van der Waals surface area contributed by atoms with Crippen LogP contribution in [-0.2, 0) is 10.5 Å². The second-order valence-corrected chi connectivity index (χ2v) is 6.48. The number of carbonyl (C=O) groups excluding carboxylic acids is 1. The summed E-state index contributed by atoms with van der Waals surface area (Å²) in [4.78, 5) is 17.2. The van der Waals surface area contributed by atoms with E-state index in [4.69, 9.17) is 0 Å². The highest BCUT2D eigenvalue weighted by molar-refractivity contribution is 8.00. The van der Waals surface area contributed by atoms with Crippen LogP contribution in [0.4, 0.5) is 5.13 Å². The van der Waals surface area contributed by atoms with Gasteiger partial charge in [0.2, 0.25) is 5.91 Å². The Kier molecular flexibility index (Phi) is 4.20. The van der Waals surface area contributed by atoms with Gasteiger partial charge in [0.25, 0.3) is 0 Å².